The van der Waals surface area contributed by atoms with Crippen molar-refractivity contribution < 1.29 is 8.42 Å². The van der Waals surface area contributed by atoms with Gasteiger partial charge in [0.1, 0.15) is 0 Å². The molecule has 0 aliphatic heterocycles. The normalized spacial score (nSPS) is 18.0. The Bertz CT molecular complexity index is 651. The van der Waals surface area contributed by atoms with Crippen molar-refractivity contribution in [1.82, 2.24) is 4.72 Å². The number of hydrogen-bond acceptors (Lipinski definition) is 4. The fourth-order valence-electron chi connectivity index (χ4n) is 2.10. The summed E-state index contributed by atoms with van der Waals surface area (Å²) in [6.07, 6.45) is 3.27. The molecule has 1 aromatic rings. The van der Waals surface area contributed by atoms with E-state index in [2.05, 4.69) is 10.8 Å². The van der Waals surface area contributed by atoms with E-state index < -0.39 is 15.4 Å². The van der Waals surface area contributed by atoms with Gasteiger partial charge in [0.2, 0.25) is 10.0 Å². The number of halogens is 1. The summed E-state index contributed by atoms with van der Waals surface area (Å²) >= 11 is 7.53. The van der Waals surface area contributed by atoms with Crippen LogP contribution in [-0.2, 0) is 10.0 Å². The maximum absolute atomic E-state index is 12.1. The van der Waals surface area contributed by atoms with Crippen LogP contribution in [-0.4, -0.2) is 27.0 Å². The van der Waals surface area contributed by atoms with Gasteiger partial charge < -0.3 is 0 Å². The minimum Gasteiger partial charge on any atom is -0.214 e. The van der Waals surface area contributed by atoms with Gasteiger partial charge in [0, 0.05) is 16.8 Å². The van der Waals surface area contributed by atoms with Crippen molar-refractivity contribution in [2.24, 2.45) is 5.41 Å². The molecule has 1 aromatic carbocycles. The highest BCUT2D eigenvalue weighted by atomic mass is 35.5. The Morgan fingerprint density at radius 3 is 2.76 bits per heavy atom. The van der Waals surface area contributed by atoms with Crippen LogP contribution in [0.3, 0.4) is 0 Å². The minimum absolute atomic E-state index is 0.00397. The second-order valence-electron chi connectivity index (χ2n) is 5.28. The number of rotatable bonds is 7. The summed E-state index contributed by atoms with van der Waals surface area (Å²) in [6, 6.07) is 9.52. The summed E-state index contributed by atoms with van der Waals surface area (Å²) in [6.45, 7) is 0.297. The molecule has 2 rings (SSSR count). The Kier molecular flexibility index (Phi) is 5.20. The van der Waals surface area contributed by atoms with Gasteiger partial charge in [-0.05, 0) is 36.8 Å². The second-order valence-corrected chi connectivity index (χ2v) is 8.56. The van der Waals surface area contributed by atoms with E-state index >= 15 is 0 Å². The third kappa shape index (κ3) is 4.62. The zero-order valence-electron chi connectivity index (χ0n) is 11.7. The molecule has 1 atom stereocenters. The van der Waals surface area contributed by atoms with Crippen molar-refractivity contribution in [2.75, 3.05) is 18.6 Å². The summed E-state index contributed by atoms with van der Waals surface area (Å²) in [5.74, 6) is -0.104. The molecule has 0 unspecified atom stereocenters. The first-order chi connectivity index (χ1) is 9.90. The summed E-state index contributed by atoms with van der Waals surface area (Å²) in [4.78, 5) is 0. The van der Waals surface area contributed by atoms with Gasteiger partial charge in [-0.25, -0.2) is 13.1 Å². The zero-order chi connectivity index (χ0) is 15.5. The second kappa shape index (κ2) is 6.57. The van der Waals surface area contributed by atoms with Gasteiger partial charge in [-0.15, -0.1) is 0 Å². The lowest BCUT2D eigenvalue weighted by Gasteiger charge is -2.17. The van der Waals surface area contributed by atoms with E-state index in [4.69, 9.17) is 16.9 Å². The Hall–Kier alpha value is -0.740. The largest absolute Gasteiger partial charge is 0.214 e. The molecule has 0 bridgehead atoms. The number of thioether (sulfide) groups is 1. The smallest absolute Gasteiger partial charge is 0.213 e. The molecule has 7 heteroatoms. The number of nitrogens with zero attached hydrogens (tertiary/aromatic N) is 1. The number of nitrogens with one attached hydrogen (secondary N) is 1. The summed E-state index contributed by atoms with van der Waals surface area (Å²) in [7, 11) is -3.43. The highest BCUT2D eigenvalue weighted by Gasteiger charge is 2.46. The molecule has 0 radical (unpaired) electrons. The quantitative estimate of drug-likeness (QED) is 0.825. The predicted octanol–water partition coefficient (Wildman–Crippen LogP) is 2.97. The maximum Gasteiger partial charge on any atom is 0.213 e. The zero-order valence-corrected chi connectivity index (χ0v) is 14.1. The lowest BCUT2D eigenvalue weighted by molar-refractivity contribution is 0.569. The Morgan fingerprint density at radius 1 is 1.52 bits per heavy atom. The lowest BCUT2D eigenvalue weighted by Crippen LogP contribution is -2.32. The third-order valence-electron chi connectivity index (χ3n) is 3.55. The molecule has 1 saturated carbocycles. The van der Waals surface area contributed by atoms with E-state index in [0.29, 0.717) is 24.4 Å². The van der Waals surface area contributed by atoms with Crippen molar-refractivity contribution in [3.63, 3.8) is 0 Å². The third-order valence-corrected chi connectivity index (χ3v) is 6.33. The molecule has 1 fully saturated rings. The van der Waals surface area contributed by atoms with Gasteiger partial charge in [0.05, 0.1) is 17.2 Å². The van der Waals surface area contributed by atoms with Crippen LogP contribution in [0.1, 0.15) is 23.7 Å². The standard InChI is InChI=1S/C14H17ClN2O2S2/c1-20-13(11-3-2-4-12(15)7-11)8-17-21(18,19)10-14(9-16)5-6-14/h2-4,7,13,17H,5-6,8,10H2,1H3/t13-/m0/s1. The van der Waals surface area contributed by atoms with Crippen LogP contribution in [0.15, 0.2) is 24.3 Å². The van der Waals surface area contributed by atoms with Crippen LogP contribution >= 0.6 is 23.4 Å². The molecular weight excluding hydrogens is 328 g/mol. The van der Waals surface area contributed by atoms with Crippen LogP contribution in [0, 0.1) is 16.7 Å². The number of benzene rings is 1. The van der Waals surface area contributed by atoms with E-state index in [9.17, 15) is 8.42 Å². The molecule has 0 heterocycles. The highest BCUT2D eigenvalue weighted by molar-refractivity contribution is 7.98. The van der Waals surface area contributed by atoms with E-state index in [1.165, 1.54) is 0 Å². The van der Waals surface area contributed by atoms with E-state index in [0.717, 1.165) is 5.56 Å². The first-order valence-corrected chi connectivity index (χ1v) is 9.88. The van der Waals surface area contributed by atoms with E-state index in [1.807, 2.05) is 24.5 Å². The van der Waals surface area contributed by atoms with Crippen molar-refractivity contribution in [2.45, 2.75) is 18.1 Å². The Balaban J connectivity index is 1.98. The molecule has 1 aliphatic rings. The molecule has 114 valence electrons. The highest BCUT2D eigenvalue weighted by Crippen LogP contribution is 2.45. The average molecular weight is 345 g/mol. The van der Waals surface area contributed by atoms with E-state index in [1.54, 1.807) is 17.8 Å². The number of nitriles is 1. The van der Waals surface area contributed by atoms with Crippen molar-refractivity contribution in [3.8, 4) is 6.07 Å². The van der Waals surface area contributed by atoms with Crippen molar-refractivity contribution in [3.05, 3.63) is 34.9 Å². The molecule has 1 aliphatic carbocycles. The molecule has 0 amide bonds. The van der Waals surface area contributed by atoms with Crippen LogP contribution in [0.5, 0.6) is 0 Å². The predicted molar refractivity (Wildman–Crippen MR) is 86.8 cm³/mol. The maximum atomic E-state index is 12.1. The van der Waals surface area contributed by atoms with Crippen LogP contribution < -0.4 is 4.72 Å². The fourth-order valence-corrected chi connectivity index (χ4v) is 4.68. The number of sulfonamides is 1. The molecule has 1 N–H and O–H groups in total. The van der Waals surface area contributed by atoms with Gasteiger partial charge in [-0.1, -0.05) is 23.7 Å². The van der Waals surface area contributed by atoms with Crippen LogP contribution in [0.4, 0.5) is 0 Å². The van der Waals surface area contributed by atoms with Crippen LogP contribution in [0.25, 0.3) is 0 Å². The topological polar surface area (TPSA) is 70.0 Å². The first-order valence-electron chi connectivity index (χ1n) is 6.57. The monoisotopic (exact) mass is 344 g/mol. The van der Waals surface area contributed by atoms with Gasteiger partial charge >= 0.3 is 0 Å². The number of hydrogen-bond donors (Lipinski definition) is 1. The van der Waals surface area contributed by atoms with Crippen molar-refractivity contribution in [1.29, 1.82) is 5.26 Å². The van der Waals surface area contributed by atoms with Gasteiger partial charge in [0.15, 0.2) is 0 Å². The Labute approximate surface area is 134 Å². The SMILES string of the molecule is CS[C@@H](CNS(=O)(=O)CC1(C#N)CC1)c1cccc(Cl)c1. The van der Waals surface area contributed by atoms with E-state index in [-0.39, 0.29) is 11.0 Å². The van der Waals surface area contributed by atoms with Crippen molar-refractivity contribution >= 4 is 33.4 Å². The fraction of sp³-hybridized carbons (Fsp3) is 0.500. The van der Waals surface area contributed by atoms with Gasteiger partial charge in [-0.2, -0.15) is 17.0 Å². The molecule has 0 saturated heterocycles. The average Bonchev–Trinajstić information content (AvgIpc) is 3.19. The molecule has 0 spiro atoms. The molecule has 21 heavy (non-hydrogen) atoms. The summed E-state index contributed by atoms with van der Waals surface area (Å²) in [5, 5.41) is 9.62. The molecule has 4 nitrogen and oxygen atoms in total. The summed E-state index contributed by atoms with van der Waals surface area (Å²) in [5.41, 5.74) is 0.329. The minimum atomic E-state index is -3.43. The van der Waals surface area contributed by atoms with Gasteiger partial charge in [0.25, 0.3) is 0 Å². The first kappa shape index (κ1) is 16.6. The Morgan fingerprint density at radius 2 is 2.24 bits per heavy atom. The van der Waals surface area contributed by atoms with Crippen LogP contribution in [0.2, 0.25) is 5.02 Å². The molecule has 0 aromatic heterocycles. The lowest BCUT2D eigenvalue weighted by atomic mass is 10.1. The van der Waals surface area contributed by atoms with Gasteiger partial charge in [-0.3, -0.25) is 0 Å². The molecular formula is C14H17ClN2O2S2. The summed E-state index contributed by atoms with van der Waals surface area (Å²) < 4.78 is 26.7.